The summed E-state index contributed by atoms with van der Waals surface area (Å²) in [7, 11) is 0. The van der Waals surface area contributed by atoms with Gasteiger partial charge in [0.2, 0.25) is 0 Å². The molecule has 0 unspecified atom stereocenters. The number of hydrogen-bond acceptors (Lipinski definition) is 3. The van der Waals surface area contributed by atoms with Gasteiger partial charge in [-0.25, -0.2) is 0 Å². The van der Waals surface area contributed by atoms with E-state index in [0.717, 1.165) is 17.1 Å². The van der Waals surface area contributed by atoms with Crippen LogP contribution < -0.4 is 4.90 Å². The number of benzene rings is 3. The van der Waals surface area contributed by atoms with Crippen LogP contribution in [-0.4, -0.2) is 0 Å². The molecule has 0 radical (unpaired) electrons. The Kier molecular flexibility index (Phi) is 4.27. The molecule has 0 aliphatic carbocycles. The van der Waals surface area contributed by atoms with Crippen LogP contribution in [0.4, 0.5) is 17.1 Å². The van der Waals surface area contributed by atoms with Crippen molar-refractivity contribution in [1.29, 1.82) is 10.5 Å². The SMILES string of the molecule is Cc1ccc(N(c2ccc(C#N)cc2)c2ccc(C#N)cc2)cc1. The topological polar surface area (TPSA) is 50.8 Å². The van der Waals surface area contributed by atoms with Crippen molar-refractivity contribution in [2.75, 3.05) is 4.90 Å². The van der Waals surface area contributed by atoms with E-state index < -0.39 is 0 Å². The van der Waals surface area contributed by atoms with Gasteiger partial charge in [0.05, 0.1) is 23.3 Å². The highest BCUT2D eigenvalue weighted by molar-refractivity contribution is 5.77. The van der Waals surface area contributed by atoms with Crippen LogP contribution in [-0.2, 0) is 0 Å². The summed E-state index contributed by atoms with van der Waals surface area (Å²) in [6.45, 7) is 2.05. The zero-order valence-electron chi connectivity index (χ0n) is 13.3. The summed E-state index contributed by atoms with van der Waals surface area (Å²) in [5.74, 6) is 0. The second-order valence-corrected chi connectivity index (χ2v) is 5.49. The molecule has 3 heteroatoms. The zero-order chi connectivity index (χ0) is 16.9. The molecular weight excluding hydrogens is 294 g/mol. The van der Waals surface area contributed by atoms with E-state index in [1.54, 1.807) is 24.3 Å². The molecule has 3 nitrogen and oxygen atoms in total. The first-order valence-corrected chi connectivity index (χ1v) is 7.58. The Balaban J connectivity index is 2.10. The quantitative estimate of drug-likeness (QED) is 0.667. The largest absolute Gasteiger partial charge is 0.311 e. The van der Waals surface area contributed by atoms with Crippen LogP contribution in [0, 0.1) is 29.6 Å². The van der Waals surface area contributed by atoms with Crippen molar-refractivity contribution < 1.29 is 0 Å². The van der Waals surface area contributed by atoms with Crippen molar-refractivity contribution in [1.82, 2.24) is 0 Å². The Bertz CT molecular complexity index is 852. The van der Waals surface area contributed by atoms with Gasteiger partial charge < -0.3 is 4.90 Å². The predicted octanol–water partition coefficient (Wildman–Crippen LogP) is 5.21. The average molecular weight is 309 g/mol. The summed E-state index contributed by atoms with van der Waals surface area (Å²) < 4.78 is 0. The van der Waals surface area contributed by atoms with Gasteiger partial charge in [0.25, 0.3) is 0 Å². The van der Waals surface area contributed by atoms with E-state index in [9.17, 15) is 0 Å². The third-order valence-corrected chi connectivity index (χ3v) is 3.80. The minimum absolute atomic E-state index is 0.627. The predicted molar refractivity (Wildman–Crippen MR) is 95.3 cm³/mol. The number of anilines is 3. The molecule has 24 heavy (non-hydrogen) atoms. The lowest BCUT2D eigenvalue weighted by atomic mass is 10.1. The maximum atomic E-state index is 9.00. The third kappa shape index (κ3) is 3.11. The molecule has 0 aliphatic rings. The smallest absolute Gasteiger partial charge is 0.0991 e. The average Bonchev–Trinajstić information content (AvgIpc) is 2.64. The Labute approximate surface area is 141 Å². The van der Waals surface area contributed by atoms with E-state index in [1.165, 1.54) is 5.56 Å². The van der Waals surface area contributed by atoms with Crippen molar-refractivity contribution in [3.8, 4) is 12.1 Å². The lowest BCUT2D eigenvalue weighted by Gasteiger charge is -2.25. The number of nitriles is 2. The third-order valence-electron chi connectivity index (χ3n) is 3.80. The molecule has 0 amide bonds. The first-order valence-electron chi connectivity index (χ1n) is 7.58. The Morgan fingerprint density at radius 3 is 1.25 bits per heavy atom. The van der Waals surface area contributed by atoms with Crippen LogP contribution >= 0.6 is 0 Å². The molecule has 0 fully saturated rings. The van der Waals surface area contributed by atoms with Gasteiger partial charge in [0, 0.05) is 17.1 Å². The van der Waals surface area contributed by atoms with E-state index in [1.807, 2.05) is 24.3 Å². The highest BCUT2D eigenvalue weighted by atomic mass is 15.1. The molecule has 0 heterocycles. The van der Waals surface area contributed by atoms with E-state index in [2.05, 4.69) is 48.2 Å². The van der Waals surface area contributed by atoms with Gasteiger partial charge in [0.15, 0.2) is 0 Å². The first kappa shape index (κ1) is 15.3. The minimum Gasteiger partial charge on any atom is -0.311 e. The van der Waals surface area contributed by atoms with Gasteiger partial charge in [-0.1, -0.05) is 17.7 Å². The Morgan fingerprint density at radius 1 is 0.583 bits per heavy atom. The summed E-state index contributed by atoms with van der Waals surface area (Å²) in [6, 6.07) is 27.5. The summed E-state index contributed by atoms with van der Waals surface area (Å²) in [6.07, 6.45) is 0. The molecule has 3 rings (SSSR count). The van der Waals surface area contributed by atoms with Crippen LogP contribution in [0.3, 0.4) is 0 Å². The Morgan fingerprint density at radius 2 is 0.917 bits per heavy atom. The van der Waals surface area contributed by atoms with Crippen molar-refractivity contribution in [3.63, 3.8) is 0 Å². The molecule has 0 bridgehead atoms. The van der Waals surface area contributed by atoms with E-state index in [4.69, 9.17) is 10.5 Å². The minimum atomic E-state index is 0.627. The molecule has 3 aromatic rings. The van der Waals surface area contributed by atoms with E-state index in [-0.39, 0.29) is 0 Å². The Hall–Kier alpha value is -3.56. The summed E-state index contributed by atoms with van der Waals surface area (Å²) in [5.41, 5.74) is 5.39. The maximum Gasteiger partial charge on any atom is 0.0991 e. The van der Waals surface area contributed by atoms with Gasteiger partial charge >= 0.3 is 0 Å². The summed E-state index contributed by atoms with van der Waals surface area (Å²) in [5, 5.41) is 18.0. The fraction of sp³-hybridized carbons (Fsp3) is 0.0476. The second kappa shape index (κ2) is 6.69. The zero-order valence-corrected chi connectivity index (χ0v) is 13.3. The molecule has 3 aromatic carbocycles. The molecule has 0 spiro atoms. The van der Waals surface area contributed by atoms with E-state index in [0.29, 0.717) is 11.1 Å². The lowest BCUT2D eigenvalue weighted by Crippen LogP contribution is -2.09. The monoisotopic (exact) mass is 309 g/mol. The van der Waals surface area contributed by atoms with E-state index >= 15 is 0 Å². The second-order valence-electron chi connectivity index (χ2n) is 5.49. The molecular formula is C21H15N3. The molecule has 0 atom stereocenters. The lowest BCUT2D eigenvalue weighted by molar-refractivity contribution is 1.27. The van der Waals surface area contributed by atoms with Crippen LogP contribution in [0.5, 0.6) is 0 Å². The number of rotatable bonds is 3. The summed E-state index contributed by atoms with van der Waals surface area (Å²) in [4.78, 5) is 2.10. The fourth-order valence-corrected chi connectivity index (χ4v) is 2.51. The highest BCUT2D eigenvalue weighted by Crippen LogP contribution is 2.34. The first-order chi connectivity index (χ1) is 11.7. The van der Waals surface area contributed by atoms with Gasteiger partial charge in [-0.05, 0) is 67.6 Å². The highest BCUT2D eigenvalue weighted by Gasteiger charge is 2.12. The molecule has 0 aromatic heterocycles. The number of hydrogen-bond donors (Lipinski definition) is 0. The van der Waals surface area contributed by atoms with Crippen LogP contribution in [0.25, 0.3) is 0 Å². The maximum absolute atomic E-state index is 9.00. The van der Waals surface area contributed by atoms with Crippen molar-refractivity contribution in [3.05, 3.63) is 89.5 Å². The molecule has 0 N–H and O–H groups in total. The normalized spacial score (nSPS) is 9.79. The van der Waals surface area contributed by atoms with Gasteiger partial charge in [-0.2, -0.15) is 10.5 Å². The molecule has 0 saturated carbocycles. The standard InChI is InChI=1S/C21H15N3/c1-16-2-8-19(9-3-16)24(20-10-4-17(14-22)5-11-20)21-12-6-18(15-23)7-13-21/h2-13H,1H3. The number of nitrogens with zero attached hydrogens (tertiary/aromatic N) is 3. The van der Waals surface area contributed by atoms with Crippen LogP contribution in [0.15, 0.2) is 72.8 Å². The van der Waals surface area contributed by atoms with Crippen LogP contribution in [0.1, 0.15) is 16.7 Å². The molecule has 0 aliphatic heterocycles. The van der Waals surface area contributed by atoms with Crippen LogP contribution in [0.2, 0.25) is 0 Å². The van der Waals surface area contributed by atoms with Crippen molar-refractivity contribution in [2.45, 2.75) is 6.92 Å². The van der Waals surface area contributed by atoms with Gasteiger partial charge in [-0.3, -0.25) is 0 Å². The number of aryl methyl sites for hydroxylation is 1. The van der Waals surface area contributed by atoms with Crippen molar-refractivity contribution >= 4 is 17.1 Å². The molecule has 114 valence electrons. The van der Waals surface area contributed by atoms with Gasteiger partial charge in [0.1, 0.15) is 0 Å². The molecule has 0 saturated heterocycles. The fourth-order valence-electron chi connectivity index (χ4n) is 2.51. The van der Waals surface area contributed by atoms with Crippen molar-refractivity contribution in [2.24, 2.45) is 0 Å². The summed E-state index contributed by atoms with van der Waals surface area (Å²) >= 11 is 0. The van der Waals surface area contributed by atoms with Gasteiger partial charge in [-0.15, -0.1) is 0 Å².